The molecule has 0 unspecified atom stereocenters. The van der Waals surface area contributed by atoms with Crippen LogP contribution in [0.5, 0.6) is 11.6 Å². The van der Waals surface area contributed by atoms with Crippen LogP contribution in [0.1, 0.15) is 5.69 Å². The van der Waals surface area contributed by atoms with Gasteiger partial charge in [-0.15, -0.1) is 11.8 Å². The number of benzene rings is 1. The van der Waals surface area contributed by atoms with E-state index in [0.717, 1.165) is 22.0 Å². The van der Waals surface area contributed by atoms with Gasteiger partial charge in [0.25, 0.3) is 0 Å². The number of nitrogens with zero attached hydrogens (tertiary/aromatic N) is 2. The number of hydrogen-bond acceptors (Lipinski definition) is 4. The van der Waals surface area contributed by atoms with Crippen LogP contribution >= 0.6 is 11.8 Å². The number of para-hydroxylation sites is 1. The summed E-state index contributed by atoms with van der Waals surface area (Å²) >= 11 is 1.64. The Balaban J connectivity index is 2.06. The van der Waals surface area contributed by atoms with Gasteiger partial charge in [0.05, 0.1) is 0 Å². The molecule has 0 bridgehead atoms. The standard InChI is InChI=1S/C15H15N3OS/c1-20-13-7-3-2-6-12(13)19-15-11(10-16)18-9-5-4-8-14(18)17-15/h2-9H,10,16H2,1H3. The molecule has 0 radical (unpaired) electrons. The summed E-state index contributed by atoms with van der Waals surface area (Å²) in [5.74, 6) is 1.37. The van der Waals surface area contributed by atoms with Crippen LogP contribution in [0.15, 0.2) is 53.6 Å². The van der Waals surface area contributed by atoms with E-state index < -0.39 is 0 Å². The molecule has 1 aromatic carbocycles. The maximum absolute atomic E-state index is 5.97. The number of ether oxygens (including phenoxy) is 1. The van der Waals surface area contributed by atoms with Crippen LogP contribution in [0.2, 0.25) is 0 Å². The van der Waals surface area contributed by atoms with E-state index in [1.54, 1.807) is 11.8 Å². The molecule has 0 aliphatic heterocycles. The average molecular weight is 285 g/mol. The molecule has 3 rings (SSSR count). The predicted octanol–water partition coefficient (Wildman–Crippen LogP) is 3.31. The van der Waals surface area contributed by atoms with E-state index >= 15 is 0 Å². The molecule has 0 amide bonds. The van der Waals surface area contributed by atoms with Gasteiger partial charge < -0.3 is 10.5 Å². The third-order valence-electron chi connectivity index (χ3n) is 3.06. The van der Waals surface area contributed by atoms with Crippen molar-refractivity contribution in [1.29, 1.82) is 0 Å². The lowest BCUT2D eigenvalue weighted by Crippen LogP contribution is -2.02. The third kappa shape index (κ3) is 2.26. The second-order valence-corrected chi connectivity index (χ2v) is 5.10. The van der Waals surface area contributed by atoms with Crippen molar-refractivity contribution in [2.24, 2.45) is 5.73 Å². The quantitative estimate of drug-likeness (QED) is 0.747. The SMILES string of the molecule is CSc1ccccc1Oc1nc2ccccn2c1CN. The minimum absolute atomic E-state index is 0.377. The highest BCUT2D eigenvalue weighted by Gasteiger charge is 2.13. The van der Waals surface area contributed by atoms with Gasteiger partial charge in [0.15, 0.2) is 0 Å². The number of thioether (sulfide) groups is 1. The minimum atomic E-state index is 0.377. The van der Waals surface area contributed by atoms with E-state index in [9.17, 15) is 0 Å². The minimum Gasteiger partial charge on any atom is -0.436 e. The van der Waals surface area contributed by atoms with Crippen molar-refractivity contribution in [3.63, 3.8) is 0 Å². The largest absolute Gasteiger partial charge is 0.436 e. The molecule has 3 aromatic rings. The van der Waals surface area contributed by atoms with E-state index in [-0.39, 0.29) is 0 Å². The van der Waals surface area contributed by atoms with Gasteiger partial charge >= 0.3 is 0 Å². The number of imidazole rings is 1. The van der Waals surface area contributed by atoms with Gasteiger partial charge in [-0.05, 0) is 30.5 Å². The average Bonchev–Trinajstić information content (AvgIpc) is 2.85. The molecule has 0 spiro atoms. The fourth-order valence-corrected chi connectivity index (χ4v) is 2.63. The molecule has 5 heteroatoms. The highest BCUT2D eigenvalue weighted by Crippen LogP contribution is 2.32. The van der Waals surface area contributed by atoms with Crippen LogP contribution in [0.3, 0.4) is 0 Å². The van der Waals surface area contributed by atoms with Crippen molar-refractivity contribution >= 4 is 17.4 Å². The maximum atomic E-state index is 5.97. The first-order valence-electron chi connectivity index (χ1n) is 6.30. The summed E-state index contributed by atoms with van der Waals surface area (Å²) in [5, 5.41) is 0. The molecular weight excluding hydrogens is 270 g/mol. The zero-order chi connectivity index (χ0) is 13.9. The van der Waals surface area contributed by atoms with Crippen LogP contribution in [-0.2, 0) is 6.54 Å². The highest BCUT2D eigenvalue weighted by molar-refractivity contribution is 7.98. The molecule has 0 saturated carbocycles. The van der Waals surface area contributed by atoms with Gasteiger partial charge in [-0.2, -0.15) is 4.98 Å². The summed E-state index contributed by atoms with van der Waals surface area (Å²) < 4.78 is 7.93. The lowest BCUT2D eigenvalue weighted by atomic mass is 10.3. The van der Waals surface area contributed by atoms with Crippen LogP contribution in [-0.4, -0.2) is 15.6 Å². The Morgan fingerprint density at radius 3 is 2.80 bits per heavy atom. The first kappa shape index (κ1) is 13.0. The Hall–Kier alpha value is -1.98. The zero-order valence-corrected chi connectivity index (χ0v) is 11.9. The van der Waals surface area contributed by atoms with Gasteiger partial charge in [-0.3, -0.25) is 4.40 Å². The molecule has 20 heavy (non-hydrogen) atoms. The molecule has 102 valence electrons. The normalized spacial score (nSPS) is 10.9. The number of fused-ring (bicyclic) bond motifs is 1. The summed E-state index contributed by atoms with van der Waals surface area (Å²) in [6.45, 7) is 0.377. The van der Waals surface area contributed by atoms with Crippen LogP contribution in [0, 0.1) is 0 Å². The summed E-state index contributed by atoms with van der Waals surface area (Å²) in [7, 11) is 0. The smallest absolute Gasteiger partial charge is 0.242 e. The van der Waals surface area contributed by atoms with Gasteiger partial charge in [-0.25, -0.2) is 0 Å². The first-order chi connectivity index (χ1) is 9.83. The molecule has 0 aliphatic carbocycles. The van der Waals surface area contributed by atoms with Crippen LogP contribution in [0.4, 0.5) is 0 Å². The molecular formula is C15H15N3OS. The van der Waals surface area contributed by atoms with E-state index in [1.807, 2.05) is 59.3 Å². The topological polar surface area (TPSA) is 52.5 Å². The Bertz CT molecular complexity index is 739. The monoisotopic (exact) mass is 285 g/mol. The van der Waals surface area contributed by atoms with Crippen molar-refractivity contribution in [3.05, 3.63) is 54.4 Å². The predicted molar refractivity (Wildman–Crippen MR) is 81.4 cm³/mol. The summed E-state index contributed by atoms with van der Waals surface area (Å²) in [4.78, 5) is 5.58. The second kappa shape index (κ2) is 5.56. The van der Waals surface area contributed by atoms with Crippen molar-refractivity contribution in [2.45, 2.75) is 11.4 Å². The number of pyridine rings is 1. The third-order valence-corrected chi connectivity index (χ3v) is 3.84. The lowest BCUT2D eigenvalue weighted by molar-refractivity contribution is 0.449. The summed E-state index contributed by atoms with van der Waals surface area (Å²) in [6, 6.07) is 13.7. The first-order valence-corrected chi connectivity index (χ1v) is 7.53. The lowest BCUT2D eigenvalue weighted by Gasteiger charge is -2.08. The Kier molecular flexibility index (Phi) is 3.62. The van der Waals surface area contributed by atoms with Crippen LogP contribution in [0.25, 0.3) is 5.65 Å². The molecule has 2 aromatic heterocycles. The fraction of sp³-hybridized carbons (Fsp3) is 0.133. The summed E-state index contributed by atoms with van der Waals surface area (Å²) in [6.07, 6.45) is 3.97. The van der Waals surface area contributed by atoms with E-state index in [1.165, 1.54) is 0 Å². The highest BCUT2D eigenvalue weighted by atomic mass is 32.2. The molecule has 0 atom stereocenters. The van der Waals surface area contributed by atoms with E-state index in [2.05, 4.69) is 4.98 Å². The van der Waals surface area contributed by atoms with Gasteiger partial charge in [0.2, 0.25) is 5.88 Å². The Labute approximate surface area is 121 Å². The molecule has 4 nitrogen and oxygen atoms in total. The van der Waals surface area contributed by atoms with Crippen molar-refractivity contribution in [1.82, 2.24) is 9.38 Å². The number of nitrogens with two attached hydrogens (primary N) is 1. The molecule has 0 saturated heterocycles. The van der Waals surface area contributed by atoms with Crippen molar-refractivity contribution < 1.29 is 4.74 Å². The van der Waals surface area contributed by atoms with E-state index in [4.69, 9.17) is 10.5 Å². The number of aromatic nitrogens is 2. The maximum Gasteiger partial charge on any atom is 0.242 e. The van der Waals surface area contributed by atoms with E-state index in [0.29, 0.717) is 12.4 Å². The van der Waals surface area contributed by atoms with Crippen molar-refractivity contribution in [2.75, 3.05) is 6.26 Å². The van der Waals surface area contributed by atoms with Gasteiger partial charge in [-0.1, -0.05) is 18.2 Å². The zero-order valence-electron chi connectivity index (χ0n) is 11.1. The molecule has 0 aliphatic rings. The Morgan fingerprint density at radius 1 is 1.20 bits per heavy atom. The number of hydrogen-bond donors (Lipinski definition) is 1. The van der Waals surface area contributed by atoms with Gasteiger partial charge in [0.1, 0.15) is 17.1 Å². The Morgan fingerprint density at radius 2 is 2.00 bits per heavy atom. The molecule has 0 fully saturated rings. The van der Waals surface area contributed by atoms with Gasteiger partial charge in [0, 0.05) is 17.6 Å². The summed E-state index contributed by atoms with van der Waals surface area (Å²) in [5.41, 5.74) is 7.55. The molecule has 2 N–H and O–H groups in total. The second-order valence-electron chi connectivity index (χ2n) is 4.25. The molecule has 2 heterocycles. The van der Waals surface area contributed by atoms with Crippen molar-refractivity contribution in [3.8, 4) is 11.6 Å². The fourth-order valence-electron chi connectivity index (χ4n) is 2.10. The van der Waals surface area contributed by atoms with Crippen LogP contribution < -0.4 is 10.5 Å². The number of rotatable bonds is 4.